The van der Waals surface area contributed by atoms with Crippen LogP contribution in [0, 0.1) is 29.1 Å². The molecule has 0 saturated heterocycles. The van der Waals surface area contributed by atoms with Gasteiger partial charge in [0.2, 0.25) is 0 Å². The Morgan fingerprint density at radius 3 is 2.45 bits per heavy atom. The average molecular weight is 527 g/mol. The number of hydrogen-bond acceptors (Lipinski definition) is 4. The number of aliphatic hydroxyl groups is 1. The second-order valence-corrected chi connectivity index (χ2v) is 12.1. The lowest BCUT2D eigenvalue weighted by atomic mass is 9.53. The molecule has 4 aromatic rings. The van der Waals surface area contributed by atoms with Gasteiger partial charge in [0.25, 0.3) is 0 Å². The zero-order valence-corrected chi connectivity index (χ0v) is 22.8. The first kappa shape index (κ1) is 25.1. The van der Waals surface area contributed by atoms with E-state index in [2.05, 4.69) is 53.0 Å². The molecule has 0 radical (unpaired) electrons. The standard InChI is InChI=1S/C36H34N2O2/c1-35-18-16-30-29-13-11-28(39)22-26(29)9-12-31(30)32(35)17-20-36(35,40)19-15-24-5-7-25(8-6-24)27-10-14-34(38-23-27)33-4-2-3-21-37-33/h2-8,10-11,13-14,21-23,30-32,39-40H,9,12,16-18,20H2,1H3/t30-,31-,32+,35+,36+/m1/s1. The van der Waals surface area contributed by atoms with Gasteiger partial charge in [-0.1, -0.05) is 49.1 Å². The summed E-state index contributed by atoms with van der Waals surface area (Å²) in [4.78, 5) is 8.98. The number of nitrogens with zero attached hydrogens (tertiary/aromatic N) is 2. The fourth-order valence-electron chi connectivity index (χ4n) is 7.94. The summed E-state index contributed by atoms with van der Waals surface area (Å²) in [7, 11) is 0. The highest BCUT2D eigenvalue weighted by Crippen LogP contribution is 2.64. The first-order valence-electron chi connectivity index (χ1n) is 14.5. The normalized spacial score (nSPS) is 28.5. The summed E-state index contributed by atoms with van der Waals surface area (Å²) in [5.74, 6) is 8.65. The van der Waals surface area contributed by atoms with Gasteiger partial charge in [-0.3, -0.25) is 9.97 Å². The smallest absolute Gasteiger partial charge is 0.131 e. The molecule has 2 aromatic heterocycles. The summed E-state index contributed by atoms with van der Waals surface area (Å²) >= 11 is 0. The van der Waals surface area contributed by atoms with Crippen molar-refractivity contribution in [3.63, 3.8) is 0 Å². The quantitative estimate of drug-likeness (QED) is 0.272. The minimum atomic E-state index is -0.970. The molecule has 2 heterocycles. The Morgan fingerprint density at radius 2 is 1.68 bits per heavy atom. The lowest BCUT2D eigenvalue weighted by molar-refractivity contribution is -0.0647. The van der Waals surface area contributed by atoms with Gasteiger partial charge in [0, 0.05) is 28.9 Å². The molecule has 0 aliphatic heterocycles. The molecule has 2 aromatic carbocycles. The maximum atomic E-state index is 12.0. The molecule has 2 fully saturated rings. The van der Waals surface area contributed by atoms with Crippen LogP contribution in [0.1, 0.15) is 61.6 Å². The molecule has 200 valence electrons. The van der Waals surface area contributed by atoms with Gasteiger partial charge in [-0.05, 0) is 115 Å². The maximum Gasteiger partial charge on any atom is 0.131 e. The molecule has 5 atom stereocenters. The van der Waals surface area contributed by atoms with E-state index >= 15 is 0 Å². The van der Waals surface area contributed by atoms with Crippen molar-refractivity contribution in [2.24, 2.45) is 17.3 Å². The summed E-state index contributed by atoms with van der Waals surface area (Å²) in [5, 5.41) is 21.9. The Bertz CT molecular complexity index is 1600. The van der Waals surface area contributed by atoms with E-state index in [1.54, 1.807) is 6.20 Å². The molecule has 0 unspecified atom stereocenters. The van der Waals surface area contributed by atoms with Gasteiger partial charge in [0.1, 0.15) is 11.4 Å². The van der Waals surface area contributed by atoms with Gasteiger partial charge in [-0.15, -0.1) is 0 Å². The summed E-state index contributed by atoms with van der Waals surface area (Å²) in [6, 6.07) is 24.1. The molecule has 3 aliphatic rings. The number of aromatic nitrogens is 2. The number of rotatable bonds is 2. The summed E-state index contributed by atoms with van der Waals surface area (Å²) < 4.78 is 0. The Kier molecular flexibility index (Phi) is 6.02. The Balaban J connectivity index is 1.09. The van der Waals surface area contributed by atoms with E-state index in [4.69, 9.17) is 0 Å². The number of phenols is 1. The molecule has 0 spiro atoms. The molecule has 2 N–H and O–H groups in total. The van der Waals surface area contributed by atoms with Crippen LogP contribution in [0.4, 0.5) is 0 Å². The highest BCUT2D eigenvalue weighted by molar-refractivity contribution is 5.66. The highest BCUT2D eigenvalue weighted by Gasteiger charge is 2.61. The summed E-state index contributed by atoms with van der Waals surface area (Å²) in [6.07, 6.45) is 9.61. The lowest BCUT2D eigenvalue weighted by Crippen LogP contribution is -2.50. The maximum absolute atomic E-state index is 12.0. The fourth-order valence-corrected chi connectivity index (χ4v) is 7.94. The molecular weight excluding hydrogens is 492 g/mol. The van der Waals surface area contributed by atoms with Crippen LogP contribution in [-0.4, -0.2) is 25.8 Å². The number of pyridine rings is 2. The third-order valence-electron chi connectivity index (χ3n) is 10.2. The Morgan fingerprint density at radius 1 is 0.850 bits per heavy atom. The first-order chi connectivity index (χ1) is 19.4. The predicted molar refractivity (Wildman–Crippen MR) is 157 cm³/mol. The minimum absolute atomic E-state index is 0.198. The van der Waals surface area contributed by atoms with Crippen LogP contribution in [0.15, 0.2) is 85.2 Å². The van der Waals surface area contributed by atoms with Crippen LogP contribution in [0.25, 0.3) is 22.5 Å². The Labute approximate surface area is 236 Å². The Hall–Kier alpha value is -3.94. The molecule has 0 bridgehead atoms. The molecule has 4 heteroatoms. The van der Waals surface area contributed by atoms with E-state index in [0.29, 0.717) is 23.5 Å². The molecule has 4 nitrogen and oxygen atoms in total. The number of aryl methyl sites for hydroxylation is 1. The van der Waals surface area contributed by atoms with Crippen LogP contribution in [-0.2, 0) is 6.42 Å². The largest absolute Gasteiger partial charge is 0.508 e. The van der Waals surface area contributed by atoms with Crippen molar-refractivity contribution in [1.82, 2.24) is 9.97 Å². The fraction of sp³-hybridized carbons (Fsp3) is 0.333. The zero-order chi connectivity index (χ0) is 27.3. The van der Waals surface area contributed by atoms with E-state index in [1.807, 2.05) is 54.7 Å². The molecular formula is C36H34N2O2. The van der Waals surface area contributed by atoms with Crippen molar-refractivity contribution >= 4 is 0 Å². The highest BCUT2D eigenvalue weighted by atomic mass is 16.3. The van der Waals surface area contributed by atoms with Crippen molar-refractivity contribution in [3.8, 4) is 40.1 Å². The van der Waals surface area contributed by atoms with Gasteiger partial charge < -0.3 is 10.2 Å². The molecule has 0 amide bonds. The van der Waals surface area contributed by atoms with Gasteiger partial charge >= 0.3 is 0 Å². The van der Waals surface area contributed by atoms with Gasteiger partial charge in [0.05, 0.1) is 11.4 Å². The lowest BCUT2D eigenvalue weighted by Gasteiger charge is -2.52. The topological polar surface area (TPSA) is 66.2 Å². The predicted octanol–water partition coefficient (Wildman–Crippen LogP) is 7.16. The van der Waals surface area contributed by atoms with E-state index in [9.17, 15) is 10.2 Å². The number of phenolic OH excluding ortho intramolecular Hbond substituents is 1. The van der Waals surface area contributed by atoms with Crippen molar-refractivity contribution < 1.29 is 10.2 Å². The average Bonchev–Trinajstić information content (AvgIpc) is 3.27. The van der Waals surface area contributed by atoms with Gasteiger partial charge in [-0.2, -0.15) is 0 Å². The number of hydrogen-bond donors (Lipinski definition) is 2. The zero-order valence-electron chi connectivity index (χ0n) is 22.8. The number of aromatic hydroxyl groups is 1. The number of benzene rings is 2. The van der Waals surface area contributed by atoms with Crippen LogP contribution < -0.4 is 0 Å². The van der Waals surface area contributed by atoms with Crippen LogP contribution >= 0.6 is 0 Å². The molecule has 2 saturated carbocycles. The van der Waals surface area contributed by atoms with Crippen molar-refractivity contribution in [1.29, 1.82) is 0 Å². The van der Waals surface area contributed by atoms with Gasteiger partial charge in [-0.25, -0.2) is 0 Å². The minimum Gasteiger partial charge on any atom is -0.508 e. The van der Waals surface area contributed by atoms with Crippen molar-refractivity contribution in [3.05, 3.63) is 102 Å². The monoisotopic (exact) mass is 526 g/mol. The second kappa shape index (κ2) is 9.61. The first-order valence-corrected chi connectivity index (χ1v) is 14.5. The van der Waals surface area contributed by atoms with Crippen LogP contribution in [0.3, 0.4) is 0 Å². The third kappa shape index (κ3) is 4.12. The van der Waals surface area contributed by atoms with Crippen molar-refractivity contribution in [2.75, 3.05) is 0 Å². The summed E-state index contributed by atoms with van der Waals surface area (Å²) in [5.41, 5.74) is 6.32. The summed E-state index contributed by atoms with van der Waals surface area (Å²) in [6.45, 7) is 2.28. The number of fused-ring (bicyclic) bond motifs is 5. The molecule has 40 heavy (non-hydrogen) atoms. The third-order valence-corrected chi connectivity index (χ3v) is 10.2. The second-order valence-electron chi connectivity index (χ2n) is 12.1. The van der Waals surface area contributed by atoms with Crippen LogP contribution in [0.5, 0.6) is 5.75 Å². The van der Waals surface area contributed by atoms with Crippen molar-refractivity contribution in [2.45, 2.75) is 57.0 Å². The van der Waals surface area contributed by atoms with Gasteiger partial charge in [0.15, 0.2) is 0 Å². The molecule has 3 aliphatic carbocycles. The van der Waals surface area contributed by atoms with E-state index < -0.39 is 5.60 Å². The van der Waals surface area contributed by atoms with E-state index in [-0.39, 0.29) is 5.41 Å². The van der Waals surface area contributed by atoms with Crippen LogP contribution in [0.2, 0.25) is 0 Å². The molecule has 7 rings (SSSR count). The van der Waals surface area contributed by atoms with E-state index in [1.165, 1.54) is 11.1 Å². The SMILES string of the molecule is C[C@]12CC[C@@H]3c4ccc(O)cc4CC[C@H]3[C@@H]1CC[C@@]2(O)C#Cc1ccc(-c2ccc(-c3ccccn3)nc2)cc1. The van der Waals surface area contributed by atoms with E-state index in [0.717, 1.165) is 66.6 Å².